The topological polar surface area (TPSA) is 34.6 Å². The zero-order valence-electron chi connectivity index (χ0n) is 13.2. The summed E-state index contributed by atoms with van der Waals surface area (Å²) in [5, 5.41) is 0. The number of rotatable bonds is 4. The Morgan fingerprint density at radius 1 is 1.32 bits per heavy atom. The van der Waals surface area contributed by atoms with Crippen molar-refractivity contribution in [1.82, 2.24) is 9.88 Å². The minimum Gasteiger partial charge on any atom is -0.497 e. The summed E-state index contributed by atoms with van der Waals surface area (Å²) in [6, 6.07) is 12.1. The van der Waals surface area contributed by atoms with Crippen molar-refractivity contribution in [3.8, 4) is 11.5 Å². The molecule has 1 unspecified atom stereocenters. The van der Waals surface area contributed by atoms with Crippen molar-refractivity contribution in [2.75, 3.05) is 13.7 Å². The van der Waals surface area contributed by atoms with Crippen LogP contribution in [-0.4, -0.2) is 29.6 Å². The molecule has 0 bridgehead atoms. The van der Waals surface area contributed by atoms with Crippen molar-refractivity contribution in [3.05, 3.63) is 53.9 Å². The van der Waals surface area contributed by atoms with Gasteiger partial charge in [0.15, 0.2) is 0 Å². The molecule has 116 valence electrons. The van der Waals surface area contributed by atoms with Crippen LogP contribution in [0.3, 0.4) is 0 Å². The summed E-state index contributed by atoms with van der Waals surface area (Å²) in [7, 11) is 1.69. The average Bonchev–Trinajstić information content (AvgIpc) is 2.73. The second-order valence-electron chi connectivity index (χ2n) is 5.61. The first-order chi connectivity index (χ1) is 10.8. The Bertz CT molecular complexity index is 616. The molecule has 0 aliphatic carbocycles. The molecule has 1 aromatic heterocycles. The molecule has 4 nitrogen and oxygen atoms in total. The third kappa shape index (κ3) is 3.39. The van der Waals surface area contributed by atoms with Gasteiger partial charge in [-0.2, -0.15) is 0 Å². The van der Waals surface area contributed by atoms with Crippen molar-refractivity contribution in [2.24, 2.45) is 0 Å². The maximum absolute atomic E-state index is 6.16. The minimum atomic E-state index is 0.207. The summed E-state index contributed by atoms with van der Waals surface area (Å²) in [6.07, 6.45) is 3.04. The number of methoxy groups -OCH3 is 1. The number of nitrogens with zero attached hydrogens (tertiary/aromatic N) is 2. The Morgan fingerprint density at radius 2 is 2.23 bits per heavy atom. The van der Waals surface area contributed by atoms with Gasteiger partial charge < -0.3 is 9.47 Å². The lowest BCUT2D eigenvalue weighted by molar-refractivity contribution is 0.138. The normalized spacial score (nSPS) is 18.2. The standard InChI is InChI=1S/C18H22N2O2/c1-3-16-13-20(12-15-6-4-5-9-19-15)11-14-10-17(21-2)7-8-18(14)22-16/h4-10,16H,3,11-13H2,1-2H3. The lowest BCUT2D eigenvalue weighted by atomic mass is 10.1. The van der Waals surface area contributed by atoms with Crippen LogP contribution in [0.25, 0.3) is 0 Å². The van der Waals surface area contributed by atoms with Crippen LogP contribution in [0.15, 0.2) is 42.6 Å². The molecular formula is C18H22N2O2. The van der Waals surface area contributed by atoms with Gasteiger partial charge in [0, 0.05) is 31.4 Å². The average molecular weight is 298 g/mol. The number of hydrogen-bond acceptors (Lipinski definition) is 4. The second-order valence-corrected chi connectivity index (χ2v) is 5.61. The van der Waals surface area contributed by atoms with Crippen LogP contribution in [-0.2, 0) is 13.1 Å². The highest BCUT2D eigenvalue weighted by Gasteiger charge is 2.22. The molecule has 0 radical (unpaired) electrons. The van der Waals surface area contributed by atoms with Crippen LogP contribution in [0.5, 0.6) is 11.5 Å². The quantitative estimate of drug-likeness (QED) is 0.868. The molecule has 1 aromatic carbocycles. The van der Waals surface area contributed by atoms with Crippen LogP contribution in [0.2, 0.25) is 0 Å². The molecule has 1 atom stereocenters. The molecule has 0 saturated heterocycles. The van der Waals surface area contributed by atoms with E-state index in [9.17, 15) is 0 Å². The molecule has 0 amide bonds. The van der Waals surface area contributed by atoms with Gasteiger partial charge in [-0.1, -0.05) is 13.0 Å². The maximum Gasteiger partial charge on any atom is 0.124 e. The molecule has 3 rings (SSSR count). The third-order valence-electron chi connectivity index (χ3n) is 3.98. The number of hydrogen-bond donors (Lipinski definition) is 0. The van der Waals surface area contributed by atoms with E-state index in [1.165, 1.54) is 5.56 Å². The molecule has 4 heteroatoms. The Labute approximate surface area is 131 Å². The van der Waals surface area contributed by atoms with Crippen LogP contribution < -0.4 is 9.47 Å². The van der Waals surface area contributed by atoms with E-state index in [0.29, 0.717) is 0 Å². The lowest BCUT2D eigenvalue weighted by Gasteiger charge is -2.22. The van der Waals surface area contributed by atoms with Crippen LogP contribution >= 0.6 is 0 Å². The number of aromatic nitrogens is 1. The zero-order chi connectivity index (χ0) is 15.4. The molecule has 0 saturated carbocycles. The van der Waals surface area contributed by atoms with E-state index in [1.54, 1.807) is 7.11 Å². The fraction of sp³-hybridized carbons (Fsp3) is 0.389. The molecule has 2 heterocycles. The maximum atomic E-state index is 6.16. The van der Waals surface area contributed by atoms with Crippen molar-refractivity contribution in [1.29, 1.82) is 0 Å². The number of pyridine rings is 1. The Kier molecular flexibility index (Phi) is 4.59. The highest BCUT2D eigenvalue weighted by Crippen LogP contribution is 2.30. The number of ether oxygens (including phenoxy) is 2. The Morgan fingerprint density at radius 3 is 2.95 bits per heavy atom. The Hall–Kier alpha value is -2.07. The highest BCUT2D eigenvalue weighted by molar-refractivity contribution is 5.41. The molecular weight excluding hydrogens is 276 g/mol. The minimum absolute atomic E-state index is 0.207. The molecule has 2 aromatic rings. The van der Waals surface area contributed by atoms with E-state index >= 15 is 0 Å². The van der Waals surface area contributed by atoms with Crippen molar-refractivity contribution in [3.63, 3.8) is 0 Å². The van der Waals surface area contributed by atoms with E-state index in [1.807, 2.05) is 30.5 Å². The summed E-state index contributed by atoms with van der Waals surface area (Å²) in [5.74, 6) is 1.84. The third-order valence-corrected chi connectivity index (χ3v) is 3.98. The van der Waals surface area contributed by atoms with Crippen LogP contribution in [0.4, 0.5) is 0 Å². The first-order valence-electron chi connectivity index (χ1n) is 7.74. The van der Waals surface area contributed by atoms with Crippen LogP contribution in [0.1, 0.15) is 24.6 Å². The lowest BCUT2D eigenvalue weighted by Crippen LogP contribution is -2.32. The van der Waals surface area contributed by atoms with Crippen molar-refractivity contribution in [2.45, 2.75) is 32.5 Å². The van der Waals surface area contributed by atoms with E-state index in [2.05, 4.69) is 28.9 Å². The fourth-order valence-electron chi connectivity index (χ4n) is 2.79. The molecule has 1 aliphatic rings. The van der Waals surface area contributed by atoms with Gasteiger partial charge in [0.25, 0.3) is 0 Å². The van der Waals surface area contributed by atoms with Gasteiger partial charge in [0.05, 0.1) is 12.8 Å². The largest absolute Gasteiger partial charge is 0.497 e. The van der Waals surface area contributed by atoms with Gasteiger partial charge in [0.1, 0.15) is 17.6 Å². The van der Waals surface area contributed by atoms with Gasteiger partial charge in [-0.05, 0) is 36.8 Å². The van der Waals surface area contributed by atoms with E-state index in [0.717, 1.165) is 43.2 Å². The molecule has 0 fully saturated rings. The van der Waals surface area contributed by atoms with Gasteiger partial charge in [-0.3, -0.25) is 9.88 Å². The summed E-state index contributed by atoms with van der Waals surface area (Å²) in [6.45, 7) is 4.75. The fourth-order valence-corrected chi connectivity index (χ4v) is 2.79. The Balaban J connectivity index is 1.84. The summed E-state index contributed by atoms with van der Waals surface area (Å²) >= 11 is 0. The van der Waals surface area contributed by atoms with E-state index < -0.39 is 0 Å². The van der Waals surface area contributed by atoms with E-state index in [-0.39, 0.29) is 6.10 Å². The van der Waals surface area contributed by atoms with Gasteiger partial charge in [-0.25, -0.2) is 0 Å². The summed E-state index contributed by atoms with van der Waals surface area (Å²) < 4.78 is 11.5. The predicted molar refractivity (Wildman–Crippen MR) is 86.1 cm³/mol. The number of fused-ring (bicyclic) bond motifs is 1. The van der Waals surface area contributed by atoms with Crippen molar-refractivity contribution < 1.29 is 9.47 Å². The predicted octanol–water partition coefficient (Wildman–Crippen LogP) is 3.26. The second kappa shape index (κ2) is 6.79. The smallest absolute Gasteiger partial charge is 0.124 e. The first-order valence-corrected chi connectivity index (χ1v) is 7.74. The van der Waals surface area contributed by atoms with Gasteiger partial charge in [-0.15, -0.1) is 0 Å². The monoisotopic (exact) mass is 298 g/mol. The highest BCUT2D eigenvalue weighted by atomic mass is 16.5. The molecule has 1 aliphatic heterocycles. The summed E-state index contributed by atoms with van der Waals surface area (Å²) in [5.41, 5.74) is 2.26. The molecule has 22 heavy (non-hydrogen) atoms. The summed E-state index contributed by atoms with van der Waals surface area (Å²) in [4.78, 5) is 6.83. The molecule has 0 N–H and O–H groups in total. The number of benzene rings is 1. The zero-order valence-corrected chi connectivity index (χ0v) is 13.2. The van der Waals surface area contributed by atoms with Gasteiger partial charge >= 0.3 is 0 Å². The first kappa shape index (κ1) is 14.9. The molecule has 0 spiro atoms. The van der Waals surface area contributed by atoms with Crippen molar-refractivity contribution >= 4 is 0 Å². The SMILES string of the molecule is CCC1CN(Cc2ccccn2)Cc2cc(OC)ccc2O1. The van der Waals surface area contributed by atoms with Crippen LogP contribution in [0, 0.1) is 0 Å². The van der Waals surface area contributed by atoms with E-state index in [4.69, 9.17) is 9.47 Å². The van der Waals surface area contributed by atoms with Gasteiger partial charge in [0.2, 0.25) is 0 Å².